The summed E-state index contributed by atoms with van der Waals surface area (Å²) in [5.74, 6) is -0.401. The Morgan fingerprint density at radius 1 is 0.872 bits per heavy atom. The molecule has 0 fully saturated rings. The summed E-state index contributed by atoms with van der Waals surface area (Å²) in [4.78, 5) is 12.0. The highest BCUT2D eigenvalue weighted by Gasteiger charge is 2.24. The molecule has 0 aliphatic carbocycles. The standard InChI is InChI=1S/C32H34N2O4S/c1-21(2)31(32(35)36)34-39(37)30-17-12-26(19-23(30)4)25-10-8-24(9-11-25)20-38-29-15-13-27(14-16-29)33-28-7-5-6-22(3)18-28/h5-19,21,31,33-34H,20H2,1-4H3,(H,35,36). The summed E-state index contributed by atoms with van der Waals surface area (Å²) in [5.41, 5.74) is 7.17. The second-order valence-corrected chi connectivity index (χ2v) is 11.1. The summed E-state index contributed by atoms with van der Waals surface area (Å²) in [7, 11) is -1.62. The van der Waals surface area contributed by atoms with Crippen LogP contribution in [0.5, 0.6) is 5.75 Å². The fraction of sp³-hybridized carbons (Fsp3) is 0.219. The molecular weight excluding hydrogens is 508 g/mol. The summed E-state index contributed by atoms with van der Waals surface area (Å²) in [6, 6.07) is 29.1. The number of anilines is 2. The van der Waals surface area contributed by atoms with E-state index in [1.807, 2.05) is 79.7 Å². The monoisotopic (exact) mass is 542 g/mol. The highest BCUT2D eigenvalue weighted by atomic mass is 32.2. The van der Waals surface area contributed by atoms with Gasteiger partial charge in [-0.05, 0) is 90.0 Å². The number of carboxylic acids is 1. The number of benzene rings is 4. The molecule has 4 aromatic rings. The molecule has 0 saturated carbocycles. The van der Waals surface area contributed by atoms with Gasteiger partial charge in [0.25, 0.3) is 0 Å². The molecule has 0 spiro atoms. The van der Waals surface area contributed by atoms with Crippen molar-refractivity contribution in [3.63, 3.8) is 0 Å². The molecule has 7 heteroatoms. The van der Waals surface area contributed by atoms with E-state index in [2.05, 4.69) is 29.1 Å². The average molecular weight is 543 g/mol. The normalized spacial score (nSPS) is 12.6. The molecule has 0 bridgehead atoms. The van der Waals surface area contributed by atoms with Crippen LogP contribution in [0.15, 0.2) is 95.9 Å². The van der Waals surface area contributed by atoms with Crippen LogP contribution in [0.1, 0.15) is 30.5 Å². The van der Waals surface area contributed by atoms with Crippen molar-refractivity contribution in [1.82, 2.24) is 4.72 Å². The van der Waals surface area contributed by atoms with Gasteiger partial charge in [0, 0.05) is 11.4 Å². The molecule has 0 heterocycles. The maximum Gasteiger partial charge on any atom is 0.321 e. The Labute approximate surface area is 232 Å². The lowest BCUT2D eigenvalue weighted by Gasteiger charge is -2.18. The second kappa shape index (κ2) is 12.7. The van der Waals surface area contributed by atoms with Crippen LogP contribution in [0.25, 0.3) is 11.1 Å². The van der Waals surface area contributed by atoms with Crippen LogP contribution in [-0.2, 0) is 22.4 Å². The Bertz CT molecular complexity index is 1450. The van der Waals surface area contributed by atoms with Gasteiger partial charge in [-0.15, -0.1) is 0 Å². The Kier molecular flexibility index (Phi) is 9.17. The molecule has 0 radical (unpaired) electrons. The third-order valence-corrected chi connectivity index (χ3v) is 7.72. The van der Waals surface area contributed by atoms with Gasteiger partial charge in [-0.1, -0.05) is 62.4 Å². The predicted molar refractivity (Wildman–Crippen MR) is 158 cm³/mol. The van der Waals surface area contributed by atoms with Crippen molar-refractivity contribution >= 4 is 28.3 Å². The molecule has 4 aromatic carbocycles. The molecule has 0 saturated heterocycles. The van der Waals surface area contributed by atoms with E-state index in [0.717, 1.165) is 39.4 Å². The van der Waals surface area contributed by atoms with E-state index in [-0.39, 0.29) is 5.92 Å². The van der Waals surface area contributed by atoms with E-state index in [1.165, 1.54) is 5.56 Å². The van der Waals surface area contributed by atoms with Crippen LogP contribution in [0.3, 0.4) is 0 Å². The number of rotatable bonds is 11. The molecule has 0 aromatic heterocycles. The van der Waals surface area contributed by atoms with Gasteiger partial charge in [0.15, 0.2) is 0 Å². The second-order valence-electron chi connectivity index (χ2n) is 9.93. The minimum atomic E-state index is -1.62. The summed E-state index contributed by atoms with van der Waals surface area (Å²) in [6.07, 6.45) is 0. The van der Waals surface area contributed by atoms with E-state index < -0.39 is 23.0 Å². The molecular formula is C32H34N2O4S. The van der Waals surface area contributed by atoms with Crippen molar-refractivity contribution in [2.24, 2.45) is 5.92 Å². The highest BCUT2D eigenvalue weighted by Crippen LogP contribution is 2.26. The molecule has 39 heavy (non-hydrogen) atoms. The van der Waals surface area contributed by atoms with Gasteiger partial charge in [0.05, 0.1) is 4.90 Å². The van der Waals surface area contributed by atoms with Crippen LogP contribution < -0.4 is 14.8 Å². The first-order valence-corrected chi connectivity index (χ1v) is 14.0. The van der Waals surface area contributed by atoms with Crippen LogP contribution >= 0.6 is 0 Å². The van der Waals surface area contributed by atoms with E-state index in [9.17, 15) is 14.1 Å². The Morgan fingerprint density at radius 3 is 2.18 bits per heavy atom. The largest absolute Gasteiger partial charge is 0.489 e. The zero-order valence-corrected chi connectivity index (χ0v) is 23.4. The third kappa shape index (κ3) is 7.56. The molecule has 3 N–H and O–H groups in total. The number of ether oxygens (including phenoxy) is 1. The quantitative estimate of drug-likeness (QED) is 0.190. The molecule has 0 amide bonds. The van der Waals surface area contributed by atoms with Gasteiger partial charge >= 0.3 is 5.97 Å². The van der Waals surface area contributed by atoms with E-state index in [0.29, 0.717) is 11.5 Å². The summed E-state index contributed by atoms with van der Waals surface area (Å²) < 4.78 is 21.5. The lowest BCUT2D eigenvalue weighted by Crippen LogP contribution is -2.41. The van der Waals surface area contributed by atoms with Crippen molar-refractivity contribution in [1.29, 1.82) is 0 Å². The van der Waals surface area contributed by atoms with E-state index >= 15 is 0 Å². The number of hydrogen-bond acceptors (Lipinski definition) is 4. The predicted octanol–water partition coefficient (Wildman–Crippen LogP) is 7.01. The molecule has 0 aliphatic rings. The lowest BCUT2D eigenvalue weighted by molar-refractivity contribution is -0.140. The SMILES string of the molecule is Cc1cccc(Nc2ccc(OCc3ccc(-c4ccc(S(=O)NC(C(=O)O)C(C)C)c(C)c4)cc3)cc2)c1. The number of hydrogen-bond donors (Lipinski definition) is 3. The van der Waals surface area contributed by atoms with Crippen molar-refractivity contribution in [2.75, 3.05) is 5.32 Å². The van der Waals surface area contributed by atoms with Crippen LogP contribution in [0.2, 0.25) is 0 Å². The fourth-order valence-electron chi connectivity index (χ4n) is 4.17. The molecule has 6 nitrogen and oxygen atoms in total. The average Bonchev–Trinajstić information content (AvgIpc) is 2.91. The number of aliphatic carboxylic acids is 1. The van der Waals surface area contributed by atoms with Gasteiger partial charge in [-0.25, -0.2) is 8.93 Å². The minimum absolute atomic E-state index is 0.186. The number of aryl methyl sites for hydroxylation is 2. The number of carboxylic acid groups (broad SMARTS) is 1. The summed E-state index contributed by atoms with van der Waals surface area (Å²) in [6.45, 7) is 7.98. The molecule has 202 valence electrons. The highest BCUT2D eigenvalue weighted by molar-refractivity contribution is 7.83. The van der Waals surface area contributed by atoms with Crippen LogP contribution in [-0.4, -0.2) is 21.3 Å². The molecule has 4 rings (SSSR count). The first kappa shape index (κ1) is 28.1. The van der Waals surface area contributed by atoms with E-state index in [1.54, 1.807) is 19.9 Å². The van der Waals surface area contributed by atoms with Crippen molar-refractivity contribution in [2.45, 2.75) is 45.2 Å². The first-order chi connectivity index (χ1) is 18.7. The fourth-order valence-corrected chi connectivity index (χ4v) is 5.45. The molecule has 0 aliphatic heterocycles. The third-order valence-electron chi connectivity index (χ3n) is 6.40. The Morgan fingerprint density at radius 2 is 1.56 bits per heavy atom. The first-order valence-electron chi connectivity index (χ1n) is 12.9. The summed E-state index contributed by atoms with van der Waals surface area (Å²) >= 11 is 0. The Hall–Kier alpha value is -3.94. The Balaban J connectivity index is 1.35. The zero-order valence-electron chi connectivity index (χ0n) is 22.6. The van der Waals surface area contributed by atoms with Crippen molar-refractivity contribution < 1.29 is 18.8 Å². The van der Waals surface area contributed by atoms with Crippen LogP contribution in [0, 0.1) is 19.8 Å². The van der Waals surface area contributed by atoms with Gasteiger partial charge in [0.2, 0.25) is 0 Å². The summed E-state index contributed by atoms with van der Waals surface area (Å²) in [5, 5.41) is 12.8. The molecule has 2 unspecified atom stereocenters. The maximum absolute atomic E-state index is 12.8. The molecule has 2 atom stereocenters. The smallest absolute Gasteiger partial charge is 0.321 e. The number of nitrogens with one attached hydrogen (secondary N) is 2. The van der Waals surface area contributed by atoms with Gasteiger partial charge < -0.3 is 15.2 Å². The topological polar surface area (TPSA) is 87.7 Å². The van der Waals surface area contributed by atoms with E-state index in [4.69, 9.17) is 4.74 Å². The van der Waals surface area contributed by atoms with Crippen molar-refractivity contribution in [3.05, 3.63) is 108 Å². The minimum Gasteiger partial charge on any atom is -0.489 e. The zero-order chi connectivity index (χ0) is 27.9. The van der Waals surface area contributed by atoms with Gasteiger partial charge in [-0.3, -0.25) is 4.79 Å². The van der Waals surface area contributed by atoms with Crippen molar-refractivity contribution in [3.8, 4) is 16.9 Å². The van der Waals surface area contributed by atoms with Gasteiger partial charge in [0.1, 0.15) is 29.4 Å². The number of carbonyl (C=O) groups is 1. The van der Waals surface area contributed by atoms with Gasteiger partial charge in [-0.2, -0.15) is 0 Å². The maximum atomic E-state index is 12.8. The van der Waals surface area contributed by atoms with Crippen LogP contribution in [0.4, 0.5) is 11.4 Å². The lowest BCUT2D eigenvalue weighted by atomic mass is 10.0.